The van der Waals surface area contributed by atoms with Crippen molar-refractivity contribution in [2.75, 3.05) is 17.3 Å². The summed E-state index contributed by atoms with van der Waals surface area (Å²) in [4.78, 5) is 11.8. The lowest BCUT2D eigenvalue weighted by molar-refractivity contribution is -0.119. The zero-order valence-corrected chi connectivity index (χ0v) is 12.1. The minimum Gasteiger partial charge on any atom is -0.327 e. The van der Waals surface area contributed by atoms with Crippen molar-refractivity contribution in [3.8, 4) is 0 Å². The number of nitrogens with two attached hydrogens (primary N) is 1. The fourth-order valence-corrected chi connectivity index (χ4v) is 1.91. The summed E-state index contributed by atoms with van der Waals surface area (Å²) in [6.45, 7) is 3.68. The van der Waals surface area contributed by atoms with Gasteiger partial charge in [-0.05, 0) is 43.0 Å². The van der Waals surface area contributed by atoms with Crippen LogP contribution in [0.1, 0.15) is 19.4 Å². The van der Waals surface area contributed by atoms with Crippen molar-refractivity contribution in [1.82, 2.24) is 0 Å². The van der Waals surface area contributed by atoms with Gasteiger partial charge in [0.15, 0.2) is 0 Å². The van der Waals surface area contributed by atoms with Crippen LogP contribution in [0.3, 0.4) is 0 Å². The Labute approximate surface area is 114 Å². The van der Waals surface area contributed by atoms with Crippen molar-refractivity contribution in [2.24, 2.45) is 11.7 Å². The van der Waals surface area contributed by atoms with Gasteiger partial charge in [0.1, 0.15) is 0 Å². The average molecular weight is 266 g/mol. The summed E-state index contributed by atoms with van der Waals surface area (Å²) in [5.41, 5.74) is 7.83. The molecule has 0 fully saturated rings. The fraction of sp³-hybridized carbons (Fsp3) is 0.500. The zero-order valence-electron chi connectivity index (χ0n) is 11.3. The lowest BCUT2D eigenvalue weighted by Gasteiger charge is -2.15. The molecule has 3 N–H and O–H groups in total. The van der Waals surface area contributed by atoms with Gasteiger partial charge in [-0.2, -0.15) is 11.8 Å². The predicted molar refractivity (Wildman–Crippen MR) is 80.0 cm³/mol. The maximum Gasteiger partial charge on any atom is 0.228 e. The first-order valence-corrected chi connectivity index (χ1v) is 7.58. The SMILES string of the molecule is CSCCc1ccc(NC(=O)C(C)C(C)N)cc1. The molecule has 0 aromatic heterocycles. The molecule has 3 nitrogen and oxygen atoms in total. The highest BCUT2D eigenvalue weighted by molar-refractivity contribution is 7.98. The number of thioether (sulfide) groups is 1. The highest BCUT2D eigenvalue weighted by Crippen LogP contribution is 2.13. The highest BCUT2D eigenvalue weighted by atomic mass is 32.2. The number of amides is 1. The number of carbonyl (C=O) groups excluding carboxylic acids is 1. The Balaban J connectivity index is 2.55. The quantitative estimate of drug-likeness (QED) is 0.832. The van der Waals surface area contributed by atoms with Gasteiger partial charge in [-0.1, -0.05) is 19.1 Å². The maximum atomic E-state index is 11.8. The lowest BCUT2D eigenvalue weighted by Crippen LogP contribution is -2.34. The van der Waals surface area contributed by atoms with Gasteiger partial charge in [-0.25, -0.2) is 0 Å². The molecule has 0 saturated heterocycles. The van der Waals surface area contributed by atoms with E-state index in [2.05, 4.69) is 23.7 Å². The molecule has 0 aliphatic carbocycles. The maximum absolute atomic E-state index is 11.8. The smallest absolute Gasteiger partial charge is 0.228 e. The van der Waals surface area contributed by atoms with Crippen LogP contribution < -0.4 is 11.1 Å². The number of hydrogen-bond donors (Lipinski definition) is 2. The van der Waals surface area contributed by atoms with Crippen LogP contribution in [-0.4, -0.2) is 24.0 Å². The van der Waals surface area contributed by atoms with Crippen molar-refractivity contribution in [3.63, 3.8) is 0 Å². The molecule has 2 atom stereocenters. The van der Waals surface area contributed by atoms with Crippen molar-refractivity contribution < 1.29 is 4.79 Å². The highest BCUT2D eigenvalue weighted by Gasteiger charge is 2.16. The second-order valence-corrected chi connectivity index (χ2v) is 5.56. The Morgan fingerprint density at radius 2 is 1.94 bits per heavy atom. The molecule has 0 aliphatic rings. The Morgan fingerprint density at radius 1 is 1.33 bits per heavy atom. The standard InChI is InChI=1S/C14H22N2OS/c1-10(11(2)15)14(17)16-13-6-4-12(5-7-13)8-9-18-3/h4-7,10-11H,8-9,15H2,1-3H3,(H,16,17). The average Bonchev–Trinajstić information content (AvgIpc) is 2.36. The molecule has 1 aromatic carbocycles. The lowest BCUT2D eigenvalue weighted by atomic mass is 10.0. The Morgan fingerprint density at radius 3 is 2.44 bits per heavy atom. The summed E-state index contributed by atoms with van der Waals surface area (Å²) in [6, 6.07) is 7.87. The van der Waals surface area contributed by atoms with Crippen molar-refractivity contribution >= 4 is 23.4 Å². The molecule has 0 saturated carbocycles. The third kappa shape index (κ3) is 4.70. The minimum absolute atomic E-state index is 0.0261. The largest absolute Gasteiger partial charge is 0.327 e. The van der Waals surface area contributed by atoms with Crippen LogP contribution in [0.25, 0.3) is 0 Å². The van der Waals surface area contributed by atoms with E-state index < -0.39 is 0 Å². The number of anilines is 1. The molecule has 1 rings (SSSR count). The minimum atomic E-state index is -0.179. The molecule has 0 aliphatic heterocycles. The number of rotatable bonds is 6. The van der Waals surface area contributed by atoms with E-state index in [0.29, 0.717) is 0 Å². The van der Waals surface area contributed by atoms with Crippen LogP contribution in [-0.2, 0) is 11.2 Å². The van der Waals surface area contributed by atoms with E-state index in [4.69, 9.17) is 5.73 Å². The summed E-state index contributed by atoms with van der Waals surface area (Å²) in [6.07, 6.45) is 3.16. The molecule has 0 bridgehead atoms. The van der Waals surface area contributed by atoms with Crippen molar-refractivity contribution in [3.05, 3.63) is 29.8 Å². The van der Waals surface area contributed by atoms with E-state index in [0.717, 1.165) is 17.9 Å². The molecule has 100 valence electrons. The fourth-order valence-electron chi connectivity index (χ4n) is 1.47. The van der Waals surface area contributed by atoms with E-state index >= 15 is 0 Å². The Hall–Kier alpha value is -1.00. The van der Waals surface area contributed by atoms with Crippen LogP contribution >= 0.6 is 11.8 Å². The monoisotopic (exact) mass is 266 g/mol. The molecule has 0 spiro atoms. The van der Waals surface area contributed by atoms with Gasteiger partial charge >= 0.3 is 0 Å². The number of carbonyl (C=O) groups is 1. The Bertz CT molecular complexity index is 376. The van der Waals surface area contributed by atoms with Crippen molar-refractivity contribution in [1.29, 1.82) is 0 Å². The van der Waals surface area contributed by atoms with Gasteiger partial charge in [0.05, 0.1) is 5.92 Å². The first kappa shape index (κ1) is 15.1. The van der Waals surface area contributed by atoms with Crippen LogP contribution in [0.4, 0.5) is 5.69 Å². The van der Waals surface area contributed by atoms with E-state index in [-0.39, 0.29) is 17.9 Å². The van der Waals surface area contributed by atoms with Crippen LogP contribution in [0.15, 0.2) is 24.3 Å². The second kappa shape index (κ2) is 7.44. The first-order valence-electron chi connectivity index (χ1n) is 6.19. The van der Waals surface area contributed by atoms with Crippen molar-refractivity contribution in [2.45, 2.75) is 26.3 Å². The van der Waals surface area contributed by atoms with Gasteiger partial charge in [0, 0.05) is 11.7 Å². The van der Waals surface area contributed by atoms with Crippen LogP contribution in [0.5, 0.6) is 0 Å². The van der Waals surface area contributed by atoms with E-state index in [1.54, 1.807) is 0 Å². The van der Waals surface area contributed by atoms with Crippen LogP contribution in [0.2, 0.25) is 0 Å². The third-order valence-corrected chi connectivity index (χ3v) is 3.63. The van der Waals surface area contributed by atoms with Gasteiger partial charge in [-0.15, -0.1) is 0 Å². The molecule has 1 amide bonds. The summed E-state index contributed by atoms with van der Waals surface area (Å²) in [5, 5.41) is 2.88. The second-order valence-electron chi connectivity index (χ2n) is 4.58. The topological polar surface area (TPSA) is 55.1 Å². The summed E-state index contributed by atoms with van der Waals surface area (Å²) in [7, 11) is 0. The number of nitrogens with one attached hydrogen (secondary N) is 1. The van der Waals surface area contributed by atoms with Gasteiger partial charge in [-0.3, -0.25) is 4.79 Å². The van der Waals surface area contributed by atoms with E-state index in [1.807, 2.05) is 37.7 Å². The van der Waals surface area contributed by atoms with E-state index in [1.165, 1.54) is 5.56 Å². The van der Waals surface area contributed by atoms with E-state index in [9.17, 15) is 4.79 Å². The number of hydrogen-bond acceptors (Lipinski definition) is 3. The summed E-state index contributed by atoms with van der Waals surface area (Å²) in [5.74, 6) is 0.913. The normalized spacial score (nSPS) is 14.0. The molecular weight excluding hydrogens is 244 g/mol. The number of benzene rings is 1. The molecule has 1 aromatic rings. The molecular formula is C14H22N2OS. The molecule has 0 radical (unpaired) electrons. The van der Waals surface area contributed by atoms with Crippen LogP contribution in [0, 0.1) is 5.92 Å². The number of aryl methyl sites for hydroxylation is 1. The third-order valence-electron chi connectivity index (χ3n) is 3.02. The molecule has 18 heavy (non-hydrogen) atoms. The molecule has 2 unspecified atom stereocenters. The molecule has 0 heterocycles. The molecule has 4 heteroatoms. The first-order chi connectivity index (χ1) is 8.54. The summed E-state index contributed by atoms with van der Waals surface area (Å²) < 4.78 is 0. The van der Waals surface area contributed by atoms with Gasteiger partial charge < -0.3 is 11.1 Å². The summed E-state index contributed by atoms with van der Waals surface area (Å²) >= 11 is 1.83. The zero-order chi connectivity index (χ0) is 13.5. The Kier molecular flexibility index (Phi) is 6.22. The predicted octanol–water partition coefficient (Wildman–Crippen LogP) is 2.51. The van der Waals surface area contributed by atoms with Gasteiger partial charge in [0.2, 0.25) is 5.91 Å². The van der Waals surface area contributed by atoms with Gasteiger partial charge in [0.25, 0.3) is 0 Å².